The Balaban J connectivity index is 0. The van der Waals surface area contributed by atoms with Crippen LogP contribution in [0.15, 0.2) is 25.5 Å². The molecule has 60 valence electrons. The first-order valence-electron chi connectivity index (χ1n) is 3.63. The number of allylic oxidation sites excluding steroid dienone is 1. The lowest BCUT2D eigenvalue weighted by Crippen LogP contribution is -1.83. The second-order valence-electron chi connectivity index (χ2n) is 1.80. The van der Waals surface area contributed by atoms with Crippen LogP contribution in [0, 0.1) is 0 Å². The molecule has 0 fully saturated rings. The Hall–Kier alpha value is -0.720. The lowest BCUT2D eigenvalue weighted by atomic mass is 10.4. The van der Waals surface area contributed by atoms with E-state index in [0.29, 0.717) is 0 Å². The molecule has 0 aliphatic carbocycles. The van der Waals surface area contributed by atoms with Crippen molar-refractivity contribution < 1.29 is 4.74 Å². The normalized spacial score (nSPS) is 7.00. The lowest BCUT2D eigenvalue weighted by Gasteiger charge is -1.93. The van der Waals surface area contributed by atoms with Crippen molar-refractivity contribution >= 4 is 0 Å². The minimum absolute atomic E-state index is 0.819. The van der Waals surface area contributed by atoms with E-state index in [9.17, 15) is 0 Å². The standard InChI is InChI=1S/C6H12O.C3H6/c1-3-5-6-7-4-2;1-3-2/h4H,2-3,5-6H2,1H3;3H,1H2,2H3. The largest absolute Gasteiger partial charge is 0.502 e. The van der Waals surface area contributed by atoms with Crippen LogP contribution in [0.4, 0.5) is 0 Å². The summed E-state index contributed by atoms with van der Waals surface area (Å²) in [4.78, 5) is 0. The summed E-state index contributed by atoms with van der Waals surface area (Å²) in [6.07, 6.45) is 5.55. The highest BCUT2D eigenvalue weighted by atomic mass is 16.5. The van der Waals surface area contributed by atoms with Crippen LogP contribution in [-0.4, -0.2) is 6.61 Å². The molecule has 0 aromatic carbocycles. The fraction of sp³-hybridized carbons (Fsp3) is 0.556. The van der Waals surface area contributed by atoms with E-state index in [1.807, 2.05) is 6.92 Å². The molecular formula is C9H18O. The molecule has 1 nitrogen and oxygen atoms in total. The van der Waals surface area contributed by atoms with E-state index >= 15 is 0 Å². The van der Waals surface area contributed by atoms with Gasteiger partial charge in [-0.05, 0) is 13.3 Å². The number of rotatable bonds is 4. The average molecular weight is 142 g/mol. The van der Waals surface area contributed by atoms with Crippen molar-refractivity contribution in [2.24, 2.45) is 0 Å². The van der Waals surface area contributed by atoms with Gasteiger partial charge >= 0.3 is 0 Å². The highest BCUT2D eigenvalue weighted by Gasteiger charge is 1.76. The Morgan fingerprint density at radius 1 is 1.40 bits per heavy atom. The molecule has 0 saturated heterocycles. The second kappa shape index (κ2) is 15.7. The van der Waals surface area contributed by atoms with E-state index in [2.05, 4.69) is 20.1 Å². The molecule has 10 heavy (non-hydrogen) atoms. The highest BCUT2D eigenvalue weighted by Crippen LogP contribution is 1.85. The molecule has 0 heterocycles. The Bertz CT molecular complexity index is 67.1. The summed E-state index contributed by atoms with van der Waals surface area (Å²) < 4.78 is 4.84. The maximum atomic E-state index is 4.84. The number of hydrogen-bond donors (Lipinski definition) is 0. The summed E-state index contributed by atoms with van der Waals surface area (Å²) in [6, 6.07) is 0. The van der Waals surface area contributed by atoms with Crippen LogP contribution in [0.1, 0.15) is 26.7 Å². The predicted octanol–water partition coefficient (Wildman–Crippen LogP) is 3.14. The summed E-state index contributed by atoms with van der Waals surface area (Å²) in [5.74, 6) is 0. The number of unbranched alkanes of at least 4 members (excludes halogenated alkanes) is 1. The van der Waals surface area contributed by atoms with Crippen LogP contribution < -0.4 is 0 Å². The van der Waals surface area contributed by atoms with Crippen molar-refractivity contribution in [1.82, 2.24) is 0 Å². The van der Waals surface area contributed by atoms with Crippen LogP contribution in [0.25, 0.3) is 0 Å². The smallest absolute Gasteiger partial charge is 0.0872 e. The Morgan fingerprint density at radius 2 is 1.90 bits per heavy atom. The molecule has 0 aliphatic heterocycles. The maximum absolute atomic E-state index is 4.84. The fourth-order valence-corrected chi connectivity index (χ4v) is 0.311. The lowest BCUT2D eigenvalue weighted by molar-refractivity contribution is 0.245. The second-order valence-corrected chi connectivity index (χ2v) is 1.80. The Morgan fingerprint density at radius 3 is 2.20 bits per heavy atom. The van der Waals surface area contributed by atoms with E-state index < -0.39 is 0 Å². The molecule has 0 spiro atoms. The summed E-state index contributed by atoms with van der Waals surface area (Å²) >= 11 is 0. The van der Waals surface area contributed by atoms with Crippen molar-refractivity contribution in [3.63, 3.8) is 0 Å². The first-order valence-corrected chi connectivity index (χ1v) is 3.63. The van der Waals surface area contributed by atoms with E-state index in [1.54, 1.807) is 6.08 Å². The van der Waals surface area contributed by atoms with E-state index in [-0.39, 0.29) is 0 Å². The first-order chi connectivity index (χ1) is 4.83. The SMILES string of the molecule is C=CC.C=COCCCC. The van der Waals surface area contributed by atoms with Crippen LogP contribution in [0.2, 0.25) is 0 Å². The maximum Gasteiger partial charge on any atom is 0.0872 e. The highest BCUT2D eigenvalue weighted by molar-refractivity contribution is 4.51. The summed E-state index contributed by atoms with van der Waals surface area (Å²) in [6.45, 7) is 11.6. The van der Waals surface area contributed by atoms with Gasteiger partial charge in [0.15, 0.2) is 0 Å². The molecule has 0 aliphatic rings. The van der Waals surface area contributed by atoms with Gasteiger partial charge in [-0.1, -0.05) is 26.0 Å². The van der Waals surface area contributed by atoms with Crippen molar-refractivity contribution in [1.29, 1.82) is 0 Å². The van der Waals surface area contributed by atoms with Gasteiger partial charge in [0, 0.05) is 0 Å². The van der Waals surface area contributed by atoms with Crippen LogP contribution in [0.3, 0.4) is 0 Å². The summed E-state index contributed by atoms with van der Waals surface area (Å²) in [5.41, 5.74) is 0. The van der Waals surface area contributed by atoms with Gasteiger partial charge in [-0.25, -0.2) is 0 Å². The Kier molecular flexibility index (Phi) is 18.9. The molecule has 0 radical (unpaired) electrons. The molecule has 0 aromatic rings. The fourth-order valence-electron chi connectivity index (χ4n) is 0.311. The Labute approximate surface area is 64.4 Å². The first kappa shape index (κ1) is 12.0. The predicted molar refractivity (Wildman–Crippen MR) is 46.9 cm³/mol. The molecule has 0 saturated carbocycles. The van der Waals surface area contributed by atoms with Crippen molar-refractivity contribution in [2.75, 3.05) is 6.61 Å². The molecule has 0 N–H and O–H groups in total. The molecule has 0 amide bonds. The van der Waals surface area contributed by atoms with Gasteiger partial charge in [0.25, 0.3) is 0 Å². The van der Waals surface area contributed by atoms with Gasteiger partial charge in [-0.15, -0.1) is 6.58 Å². The zero-order valence-electron chi connectivity index (χ0n) is 7.10. The van der Waals surface area contributed by atoms with Crippen LogP contribution in [0.5, 0.6) is 0 Å². The van der Waals surface area contributed by atoms with Gasteiger partial charge in [-0.2, -0.15) is 0 Å². The zero-order chi connectivity index (χ0) is 8.24. The minimum Gasteiger partial charge on any atom is -0.502 e. The third-order valence-corrected chi connectivity index (χ3v) is 0.734. The monoisotopic (exact) mass is 142 g/mol. The quantitative estimate of drug-likeness (QED) is 0.333. The molecule has 0 bridgehead atoms. The van der Waals surface area contributed by atoms with Crippen LogP contribution >= 0.6 is 0 Å². The molecule has 0 atom stereocenters. The van der Waals surface area contributed by atoms with Crippen LogP contribution in [-0.2, 0) is 4.74 Å². The van der Waals surface area contributed by atoms with E-state index in [0.717, 1.165) is 13.0 Å². The van der Waals surface area contributed by atoms with Crippen molar-refractivity contribution in [2.45, 2.75) is 26.7 Å². The van der Waals surface area contributed by atoms with Gasteiger partial charge in [0.2, 0.25) is 0 Å². The zero-order valence-corrected chi connectivity index (χ0v) is 7.10. The molecule has 0 aromatic heterocycles. The van der Waals surface area contributed by atoms with Gasteiger partial charge in [0.05, 0.1) is 12.9 Å². The van der Waals surface area contributed by atoms with Gasteiger partial charge < -0.3 is 4.74 Å². The third kappa shape index (κ3) is 26.7. The van der Waals surface area contributed by atoms with Gasteiger partial charge in [0.1, 0.15) is 0 Å². The minimum atomic E-state index is 0.819. The molecule has 0 unspecified atom stereocenters. The van der Waals surface area contributed by atoms with Crippen molar-refractivity contribution in [3.05, 3.63) is 25.5 Å². The summed E-state index contributed by atoms with van der Waals surface area (Å²) in [5, 5.41) is 0. The summed E-state index contributed by atoms with van der Waals surface area (Å²) in [7, 11) is 0. The topological polar surface area (TPSA) is 9.23 Å². The third-order valence-electron chi connectivity index (χ3n) is 0.734. The van der Waals surface area contributed by atoms with E-state index in [1.165, 1.54) is 12.7 Å². The molecule has 1 heteroatoms. The van der Waals surface area contributed by atoms with E-state index in [4.69, 9.17) is 4.74 Å². The average Bonchev–Trinajstić information content (AvgIpc) is 1.91. The number of hydrogen-bond acceptors (Lipinski definition) is 1. The van der Waals surface area contributed by atoms with Gasteiger partial charge in [-0.3, -0.25) is 0 Å². The molecule has 0 rings (SSSR count). The molecular weight excluding hydrogens is 124 g/mol. The number of ether oxygens (including phenoxy) is 1. The van der Waals surface area contributed by atoms with Crippen molar-refractivity contribution in [3.8, 4) is 0 Å².